The number of anilines is 2. The van der Waals surface area contributed by atoms with Gasteiger partial charge in [-0.25, -0.2) is 4.98 Å². The van der Waals surface area contributed by atoms with E-state index >= 15 is 0 Å². The quantitative estimate of drug-likeness (QED) is 0.730. The van der Waals surface area contributed by atoms with Crippen LogP contribution in [0.15, 0.2) is 66.9 Å². The zero-order valence-electron chi connectivity index (χ0n) is 13.8. The summed E-state index contributed by atoms with van der Waals surface area (Å²) in [6.07, 6.45) is 1.60. The molecule has 0 fully saturated rings. The molecule has 1 N–H and O–H groups in total. The molecule has 0 aliphatic heterocycles. The van der Waals surface area contributed by atoms with Gasteiger partial charge in [0.2, 0.25) is 0 Å². The SMILES string of the molecule is COc1ccnc(Nc2ccc(OCc3ccccc3)cc2)c1C#N. The fourth-order valence-corrected chi connectivity index (χ4v) is 2.33. The summed E-state index contributed by atoms with van der Waals surface area (Å²) in [6, 6.07) is 21.3. The summed E-state index contributed by atoms with van der Waals surface area (Å²) in [7, 11) is 1.53. The number of aromatic nitrogens is 1. The third-order valence-corrected chi connectivity index (χ3v) is 3.61. The van der Waals surface area contributed by atoms with Gasteiger partial charge in [-0.3, -0.25) is 0 Å². The van der Waals surface area contributed by atoms with Gasteiger partial charge in [-0.2, -0.15) is 5.26 Å². The molecule has 0 bridgehead atoms. The lowest BCUT2D eigenvalue weighted by atomic mass is 10.2. The Bertz CT molecular complexity index is 872. The van der Waals surface area contributed by atoms with E-state index in [1.807, 2.05) is 54.6 Å². The first kappa shape index (κ1) is 16.3. The fraction of sp³-hybridized carbons (Fsp3) is 0.100. The van der Waals surface area contributed by atoms with Crippen LogP contribution in [0.5, 0.6) is 11.5 Å². The number of nitrogens with one attached hydrogen (secondary N) is 1. The molecule has 0 aliphatic rings. The number of nitrogens with zero attached hydrogens (tertiary/aromatic N) is 2. The number of hydrogen-bond donors (Lipinski definition) is 1. The van der Waals surface area contributed by atoms with E-state index in [9.17, 15) is 5.26 Å². The number of nitriles is 1. The number of ether oxygens (including phenoxy) is 2. The summed E-state index contributed by atoms with van der Waals surface area (Å²) >= 11 is 0. The highest BCUT2D eigenvalue weighted by atomic mass is 16.5. The number of rotatable bonds is 6. The highest BCUT2D eigenvalue weighted by Gasteiger charge is 2.10. The highest BCUT2D eigenvalue weighted by molar-refractivity contribution is 5.66. The number of hydrogen-bond acceptors (Lipinski definition) is 5. The smallest absolute Gasteiger partial charge is 0.152 e. The van der Waals surface area contributed by atoms with E-state index < -0.39 is 0 Å². The molecule has 0 amide bonds. The third-order valence-electron chi connectivity index (χ3n) is 3.61. The molecule has 5 nitrogen and oxygen atoms in total. The summed E-state index contributed by atoms with van der Waals surface area (Å²) in [4.78, 5) is 4.21. The Morgan fingerprint density at radius 1 is 1.04 bits per heavy atom. The Kier molecular flexibility index (Phi) is 5.13. The van der Waals surface area contributed by atoms with Crippen LogP contribution in [0.1, 0.15) is 11.1 Å². The van der Waals surface area contributed by atoms with E-state index in [0.717, 1.165) is 17.0 Å². The van der Waals surface area contributed by atoms with E-state index in [2.05, 4.69) is 16.4 Å². The van der Waals surface area contributed by atoms with Crippen molar-refractivity contribution in [1.82, 2.24) is 4.98 Å². The predicted octanol–water partition coefficient (Wildman–Crippen LogP) is 4.28. The molecule has 25 heavy (non-hydrogen) atoms. The van der Waals surface area contributed by atoms with Crippen LogP contribution in [0.3, 0.4) is 0 Å². The molecular formula is C20H17N3O2. The minimum atomic E-state index is 0.370. The van der Waals surface area contributed by atoms with Crippen molar-refractivity contribution >= 4 is 11.5 Å². The maximum atomic E-state index is 9.30. The molecular weight excluding hydrogens is 314 g/mol. The normalized spacial score (nSPS) is 9.92. The molecule has 124 valence electrons. The Balaban J connectivity index is 1.68. The Morgan fingerprint density at radius 3 is 2.48 bits per heavy atom. The third kappa shape index (κ3) is 4.06. The molecule has 0 atom stereocenters. The van der Waals surface area contributed by atoms with Crippen molar-refractivity contribution in [2.75, 3.05) is 12.4 Å². The minimum absolute atomic E-state index is 0.370. The van der Waals surface area contributed by atoms with E-state index in [1.165, 1.54) is 7.11 Å². The van der Waals surface area contributed by atoms with Gasteiger partial charge >= 0.3 is 0 Å². The van der Waals surface area contributed by atoms with E-state index in [0.29, 0.717) is 23.7 Å². The standard InChI is InChI=1S/C20H17N3O2/c1-24-19-11-12-22-20(18(19)13-21)23-16-7-9-17(10-8-16)25-14-15-5-3-2-4-6-15/h2-12H,14H2,1H3,(H,22,23). The van der Waals surface area contributed by atoms with E-state index in [4.69, 9.17) is 9.47 Å². The van der Waals surface area contributed by atoms with Crippen molar-refractivity contribution in [3.63, 3.8) is 0 Å². The van der Waals surface area contributed by atoms with Gasteiger partial charge in [0.25, 0.3) is 0 Å². The van der Waals surface area contributed by atoms with Crippen LogP contribution in [0, 0.1) is 11.3 Å². The summed E-state index contributed by atoms with van der Waals surface area (Å²) < 4.78 is 10.9. The molecule has 0 saturated heterocycles. The second-order valence-electron chi connectivity index (χ2n) is 5.27. The van der Waals surface area contributed by atoms with Crippen LogP contribution in [0.25, 0.3) is 0 Å². The van der Waals surface area contributed by atoms with Gasteiger partial charge in [0.05, 0.1) is 7.11 Å². The lowest BCUT2D eigenvalue weighted by molar-refractivity contribution is 0.306. The van der Waals surface area contributed by atoms with Crippen LogP contribution < -0.4 is 14.8 Å². The first-order valence-corrected chi connectivity index (χ1v) is 7.77. The maximum absolute atomic E-state index is 9.30. The molecule has 0 spiro atoms. The van der Waals surface area contributed by atoms with Gasteiger partial charge in [0, 0.05) is 11.9 Å². The first-order valence-electron chi connectivity index (χ1n) is 7.77. The van der Waals surface area contributed by atoms with Crippen LogP contribution in [-0.2, 0) is 6.61 Å². The Hall–Kier alpha value is -3.52. The number of pyridine rings is 1. The molecule has 3 rings (SSSR count). The van der Waals surface area contributed by atoms with Crippen LogP contribution >= 0.6 is 0 Å². The molecule has 1 heterocycles. The molecule has 3 aromatic rings. The lowest BCUT2D eigenvalue weighted by Gasteiger charge is -2.11. The van der Waals surface area contributed by atoms with Crippen molar-refractivity contribution in [1.29, 1.82) is 5.26 Å². The molecule has 0 aliphatic carbocycles. The zero-order valence-corrected chi connectivity index (χ0v) is 13.8. The molecule has 0 unspecified atom stereocenters. The van der Waals surface area contributed by atoms with Gasteiger partial charge < -0.3 is 14.8 Å². The van der Waals surface area contributed by atoms with Gasteiger partial charge in [-0.1, -0.05) is 30.3 Å². The molecule has 2 aromatic carbocycles. The topological polar surface area (TPSA) is 67.2 Å². The van der Waals surface area contributed by atoms with Crippen LogP contribution in [0.2, 0.25) is 0 Å². The largest absolute Gasteiger partial charge is 0.495 e. The monoisotopic (exact) mass is 331 g/mol. The van der Waals surface area contributed by atoms with Crippen molar-refractivity contribution in [2.24, 2.45) is 0 Å². The van der Waals surface area contributed by atoms with Gasteiger partial charge in [-0.05, 0) is 35.9 Å². The van der Waals surface area contributed by atoms with E-state index in [1.54, 1.807) is 12.3 Å². The van der Waals surface area contributed by atoms with Gasteiger partial charge in [-0.15, -0.1) is 0 Å². The second-order valence-corrected chi connectivity index (χ2v) is 5.27. The van der Waals surface area contributed by atoms with Gasteiger partial charge in [0.1, 0.15) is 29.7 Å². The maximum Gasteiger partial charge on any atom is 0.152 e. The van der Waals surface area contributed by atoms with Crippen molar-refractivity contribution < 1.29 is 9.47 Å². The molecule has 0 saturated carbocycles. The van der Waals surface area contributed by atoms with E-state index in [-0.39, 0.29) is 0 Å². The second kappa shape index (κ2) is 7.84. The number of benzene rings is 2. The van der Waals surface area contributed by atoms with Gasteiger partial charge in [0.15, 0.2) is 5.82 Å². The van der Waals surface area contributed by atoms with Crippen molar-refractivity contribution in [3.8, 4) is 17.6 Å². The fourth-order valence-electron chi connectivity index (χ4n) is 2.33. The van der Waals surface area contributed by atoms with Crippen LogP contribution in [0.4, 0.5) is 11.5 Å². The molecule has 0 radical (unpaired) electrons. The average Bonchev–Trinajstić information content (AvgIpc) is 2.68. The summed E-state index contributed by atoms with van der Waals surface area (Å²) in [5.41, 5.74) is 2.29. The molecule has 5 heteroatoms. The van der Waals surface area contributed by atoms with Crippen molar-refractivity contribution in [2.45, 2.75) is 6.61 Å². The summed E-state index contributed by atoms with van der Waals surface area (Å²) in [5, 5.41) is 12.4. The highest BCUT2D eigenvalue weighted by Crippen LogP contribution is 2.26. The summed E-state index contributed by atoms with van der Waals surface area (Å²) in [6.45, 7) is 0.517. The Morgan fingerprint density at radius 2 is 1.80 bits per heavy atom. The molecule has 1 aromatic heterocycles. The Labute approximate surface area is 146 Å². The average molecular weight is 331 g/mol. The predicted molar refractivity (Wildman–Crippen MR) is 96.0 cm³/mol. The number of methoxy groups -OCH3 is 1. The first-order chi connectivity index (χ1) is 12.3. The lowest BCUT2D eigenvalue weighted by Crippen LogP contribution is -1.99. The summed E-state index contributed by atoms with van der Waals surface area (Å²) in [5.74, 6) is 1.72. The minimum Gasteiger partial charge on any atom is -0.495 e. The van der Waals surface area contributed by atoms with Crippen LogP contribution in [-0.4, -0.2) is 12.1 Å². The zero-order chi connectivity index (χ0) is 17.5. The van der Waals surface area contributed by atoms with Crippen molar-refractivity contribution in [3.05, 3.63) is 78.0 Å².